The van der Waals surface area contributed by atoms with Crippen LogP contribution in [0.25, 0.3) is 11.2 Å². The summed E-state index contributed by atoms with van der Waals surface area (Å²) in [6.45, 7) is 2.02. The van der Waals surface area contributed by atoms with E-state index in [-0.39, 0.29) is 19.0 Å². The fourth-order valence-corrected chi connectivity index (χ4v) is 2.14. The monoisotopic (exact) mass is 306 g/mol. The molecule has 2 aromatic heterocycles. The first-order valence-electron chi connectivity index (χ1n) is 6.87. The third-order valence-electron chi connectivity index (χ3n) is 3.11. The minimum Gasteiger partial charge on any atom is -0.480 e. The minimum absolute atomic E-state index is 0.0262. The summed E-state index contributed by atoms with van der Waals surface area (Å²) < 4.78 is 0. The molecule has 0 saturated heterocycles. The zero-order valence-electron chi connectivity index (χ0n) is 12.5. The molecular weight excluding hydrogens is 288 g/mol. The molecule has 2 N–H and O–H groups in total. The summed E-state index contributed by atoms with van der Waals surface area (Å²) >= 11 is 0. The van der Waals surface area contributed by atoms with Gasteiger partial charge in [-0.15, -0.1) is 0 Å². The highest BCUT2D eigenvalue weighted by atomic mass is 16.4. The molecule has 1 amide bonds. The number of fused-ring (bicyclic) bond motifs is 1. The maximum Gasteiger partial charge on any atom is 0.323 e. The summed E-state index contributed by atoms with van der Waals surface area (Å²) in [7, 11) is 1.71. The van der Waals surface area contributed by atoms with Crippen molar-refractivity contribution in [3.63, 3.8) is 0 Å². The number of aromatic nitrogens is 4. The Balaban J connectivity index is 2.12. The molecule has 2 aromatic rings. The molecular formula is C13H18N6O3. The predicted octanol–water partition coefficient (Wildman–Crippen LogP) is 0.112. The molecule has 0 saturated carbocycles. The van der Waals surface area contributed by atoms with Gasteiger partial charge in [-0.1, -0.05) is 6.92 Å². The lowest BCUT2D eigenvalue weighted by Gasteiger charge is -2.24. The molecule has 2 rings (SSSR count). The van der Waals surface area contributed by atoms with E-state index in [0.717, 1.165) is 0 Å². The topological polar surface area (TPSA) is 115 Å². The molecule has 118 valence electrons. The standard InChI is InChI=1S/C13H18N6O3/c1-3-4-19(6-10(21)22)9(20)5-18(2)13-11-12(15-7-14-11)16-8-17-13/h7-8H,3-6H2,1-2H3,(H,21,22)(H,14,15,16,17). The van der Waals surface area contributed by atoms with E-state index in [1.165, 1.54) is 17.6 Å². The Morgan fingerprint density at radius 2 is 2.05 bits per heavy atom. The zero-order chi connectivity index (χ0) is 16.1. The van der Waals surface area contributed by atoms with Gasteiger partial charge >= 0.3 is 5.97 Å². The predicted molar refractivity (Wildman–Crippen MR) is 79.5 cm³/mol. The molecule has 0 radical (unpaired) electrons. The summed E-state index contributed by atoms with van der Waals surface area (Å²) in [4.78, 5) is 41.2. The fourth-order valence-electron chi connectivity index (χ4n) is 2.14. The number of anilines is 1. The first kappa shape index (κ1) is 15.7. The van der Waals surface area contributed by atoms with Crippen LogP contribution in [0.15, 0.2) is 12.7 Å². The number of nitrogens with zero attached hydrogens (tertiary/aromatic N) is 5. The van der Waals surface area contributed by atoms with Gasteiger partial charge in [-0.2, -0.15) is 0 Å². The van der Waals surface area contributed by atoms with Gasteiger partial charge in [0.05, 0.1) is 12.9 Å². The van der Waals surface area contributed by atoms with Gasteiger partial charge < -0.3 is 19.9 Å². The van der Waals surface area contributed by atoms with Crippen LogP contribution < -0.4 is 4.90 Å². The lowest BCUT2D eigenvalue weighted by Crippen LogP contribution is -2.42. The first-order valence-corrected chi connectivity index (χ1v) is 6.87. The largest absolute Gasteiger partial charge is 0.480 e. The number of rotatable bonds is 7. The lowest BCUT2D eigenvalue weighted by molar-refractivity contribution is -0.143. The molecule has 0 spiro atoms. The number of imidazole rings is 1. The van der Waals surface area contributed by atoms with E-state index in [1.807, 2.05) is 6.92 Å². The van der Waals surface area contributed by atoms with E-state index < -0.39 is 5.97 Å². The average molecular weight is 306 g/mol. The number of carbonyl (C=O) groups is 2. The molecule has 2 heterocycles. The summed E-state index contributed by atoms with van der Waals surface area (Å²) in [5.74, 6) is -0.747. The van der Waals surface area contributed by atoms with Gasteiger partial charge in [-0.05, 0) is 6.42 Å². The van der Waals surface area contributed by atoms with Gasteiger partial charge in [-0.3, -0.25) is 9.59 Å². The Bertz CT molecular complexity index is 671. The van der Waals surface area contributed by atoms with Crippen LogP contribution in [0.2, 0.25) is 0 Å². The summed E-state index contributed by atoms with van der Waals surface area (Å²) in [5, 5.41) is 8.88. The Morgan fingerprint density at radius 1 is 1.27 bits per heavy atom. The number of hydrogen-bond acceptors (Lipinski definition) is 6. The first-order chi connectivity index (χ1) is 10.5. The van der Waals surface area contributed by atoms with E-state index in [4.69, 9.17) is 5.11 Å². The van der Waals surface area contributed by atoms with Crippen molar-refractivity contribution in [2.75, 3.05) is 31.6 Å². The number of H-pyrrole nitrogens is 1. The molecule has 0 bridgehead atoms. The van der Waals surface area contributed by atoms with Crippen molar-refractivity contribution < 1.29 is 14.7 Å². The van der Waals surface area contributed by atoms with Crippen LogP contribution in [0, 0.1) is 0 Å². The Kier molecular flexibility index (Phi) is 4.87. The van der Waals surface area contributed by atoms with Crippen molar-refractivity contribution in [1.29, 1.82) is 0 Å². The van der Waals surface area contributed by atoms with Crippen LogP contribution >= 0.6 is 0 Å². The van der Waals surface area contributed by atoms with Crippen molar-refractivity contribution in [2.45, 2.75) is 13.3 Å². The number of likely N-dealkylation sites (N-methyl/N-ethyl adjacent to an activating group) is 1. The number of aliphatic carboxylic acids is 1. The van der Waals surface area contributed by atoms with E-state index >= 15 is 0 Å². The Morgan fingerprint density at radius 3 is 2.73 bits per heavy atom. The summed E-state index contributed by atoms with van der Waals surface area (Å²) in [6, 6.07) is 0. The molecule has 0 aromatic carbocycles. The van der Waals surface area contributed by atoms with Gasteiger partial charge in [0.2, 0.25) is 5.91 Å². The second-order valence-electron chi connectivity index (χ2n) is 4.86. The van der Waals surface area contributed by atoms with Crippen LogP contribution in [-0.4, -0.2) is 68.5 Å². The van der Waals surface area contributed by atoms with Gasteiger partial charge in [0.25, 0.3) is 0 Å². The molecule has 0 aliphatic heterocycles. The maximum absolute atomic E-state index is 12.3. The molecule has 0 atom stereocenters. The number of carboxylic acid groups (broad SMARTS) is 1. The highest BCUT2D eigenvalue weighted by molar-refractivity contribution is 5.88. The number of nitrogens with one attached hydrogen (secondary N) is 1. The molecule has 0 aliphatic carbocycles. The number of amides is 1. The van der Waals surface area contributed by atoms with Crippen molar-refractivity contribution in [3.8, 4) is 0 Å². The van der Waals surface area contributed by atoms with Gasteiger partial charge in [-0.25, -0.2) is 15.0 Å². The maximum atomic E-state index is 12.3. The molecule has 9 heteroatoms. The van der Waals surface area contributed by atoms with Gasteiger partial charge in [0.15, 0.2) is 11.5 Å². The van der Waals surface area contributed by atoms with Gasteiger partial charge in [0, 0.05) is 13.6 Å². The van der Waals surface area contributed by atoms with Gasteiger partial charge in [0.1, 0.15) is 18.4 Å². The Labute approximate surface area is 127 Å². The van der Waals surface area contributed by atoms with E-state index in [1.54, 1.807) is 11.9 Å². The SMILES string of the molecule is CCCN(CC(=O)O)C(=O)CN(C)c1ncnc2nc[nH]c12. The van der Waals surface area contributed by atoms with Crippen LogP contribution in [0.4, 0.5) is 5.82 Å². The quantitative estimate of drug-likeness (QED) is 0.746. The molecule has 9 nitrogen and oxygen atoms in total. The minimum atomic E-state index is -1.03. The zero-order valence-corrected chi connectivity index (χ0v) is 12.5. The smallest absolute Gasteiger partial charge is 0.323 e. The highest BCUT2D eigenvalue weighted by Crippen LogP contribution is 2.18. The normalized spacial score (nSPS) is 10.6. The molecule has 22 heavy (non-hydrogen) atoms. The van der Waals surface area contributed by atoms with Crippen molar-refractivity contribution in [2.24, 2.45) is 0 Å². The summed E-state index contributed by atoms with van der Waals surface area (Å²) in [5.41, 5.74) is 1.15. The molecule has 0 fully saturated rings. The lowest BCUT2D eigenvalue weighted by atomic mass is 10.3. The highest BCUT2D eigenvalue weighted by Gasteiger charge is 2.19. The Hall–Kier alpha value is -2.71. The van der Waals surface area contributed by atoms with E-state index in [9.17, 15) is 9.59 Å². The van der Waals surface area contributed by atoms with E-state index in [2.05, 4.69) is 19.9 Å². The molecule has 0 aliphatic rings. The summed E-state index contributed by atoms with van der Waals surface area (Å²) in [6.07, 6.45) is 3.58. The fraction of sp³-hybridized carbons (Fsp3) is 0.462. The number of hydrogen-bond donors (Lipinski definition) is 2. The average Bonchev–Trinajstić information content (AvgIpc) is 2.94. The number of carboxylic acids is 1. The number of aromatic amines is 1. The molecule has 0 unspecified atom stereocenters. The van der Waals surface area contributed by atoms with Crippen LogP contribution in [0.1, 0.15) is 13.3 Å². The van der Waals surface area contributed by atoms with Crippen molar-refractivity contribution in [1.82, 2.24) is 24.8 Å². The van der Waals surface area contributed by atoms with Crippen LogP contribution in [0.3, 0.4) is 0 Å². The van der Waals surface area contributed by atoms with Crippen molar-refractivity contribution >= 4 is 28.9 Å². The second kappa shape index (κ2) is 6.83. The third-order valence-corrected chi connectivity index (χ3v) is 3.11. The van der Waals surface area contributed by atoms with E-state index in [0.29, 0.717) is 29.9 Å². The van der Waals surface area contributed by atoms with Crippen molar-refractivity contribution in [3.05, 3.63) is 12.7 Å². The van der Waals surface area contributed by atoms with Crippen LogP contribution in [0.5, 0.6) is 0 Å². The second-order valence-corrected chi connectivity index (χ2v) is 4.86. The van der Waals surface area contributed by atoms with Crippen LogP contribution in [-0.2, 0) is 9.59 Å². The third kappa shape index (κ3) is 3.48. The number of carbonyl (C=O) groups excluding carboxylic acids is 1.